The average molecular weight is 295 g/mol. The Balaban J connectivity index is 1.96. The Kier molecular flexibility index (Phi) is 3.50. The van der Waals surface area contributed by atoms with Crippen LogP contribution in [0.15, 0.2) is 24.3 Å². The van der Waals surface area contributed by atoms with Gasteiger partial charge in [0.05, 0.1) is 12.3 Å². The number of ether oxygens (including phenoxy) is 1. The van der Waals surface area contributed by atoms with Gasteiger partial charge in [0.25, 0.3) is 0 Å². The summed E-state index contributed by atoms with van der Waals surface area (Å²) < 4.78 is 32.3. The number of sulfonamides is 1. The van der Waals surface area contributed by atoms with E-state index in [1.807, 2.05) is 24.3 Å². The summed E-state index contributed by atoms with van der Waals surface area (Å²) in [7, 11) is -3.23. The molecule has 1 aromatic rings. The molecule has 1 aromatic carbocycles. The molecule has 0 amide bonds. The lowest BCUT2D eigenvalue weighted by molar-refractivity contribution is 0.0000985. The fraction of sp³-hybridized carbons (Fsp3) is 0.600. The number of hydrogen-bond acceptors (Lipinski definition) is 3. The molecule has 5 heteroatoms. The van der Waals surface area contributed by atoms with E-state index in [1.54, 1.807) is 0 Å². The van der Waals surface area contributed by atoms with E-state index in [0.29, 0.717) is 0 Å². The van der Waals surface area contributed by atoms with Crippen molar-refractivity contribution in [2.24, 2.45) is 0 Å². The number of rotatable bonds is 2. The van der Waals surface area contributed by atoms with E-state index in [1.165, 1.54) is 12.7 Å². The molecule has 1 unspecified atom stereocenters. The Hall–Kier alpha value is -1.07. The van der Waals surface area contributed by atoms with Crippen LogP contribution in [-0.2, 0) is 10.0 Å². The fourth-order valence-electron chi connectivity index (χ4n) is 3.48. The lowest BCUT2D eigenvalue weighted by atomic mass is 9.77. The molecule has 1 heterocycles. The molecule has 4 nitrogen and oxygen atoms in total. The highest BCUT2D eigenvalue weighted by Gasteiger charge is 2.42. The summed E-state index contributed by atoms with van der Waals surface area (Å²) in [6.07, 6.45) is 7.56. The van der Waals surface area contributed by atoms with Crippen molar-refractivity contribution in [3.05, 3.63) is 29.8 Å². The van der Waals surface area contributed by atoms with Gasteiger partial charge in [-0.25, -0.2) is 13.1 Å². The molecule has 0 saturated heterocycles. The smallest absolute Gasteiger partial charge is 0.209 e. The number of benzene rings is 1. The van der Waals surface area contributed by atoms with Gasteiger partial charge in [0.2, 0.25) is 10.0 Å². The van der Waals surface area contributed by atoms with Gasteiger partial charge in [0.15, 0.2) is 0 Å². The van der Waals surface area contributed by atoms with Crippen molar-refractivity contribution in [1.82, 2.24) is 4.72 Å². The van der Waals surface area contributed by atoms with Crippen molar-refractivity contribution in [3.8, 4) is 5.75 Å². The van der Waals surface area contributed by atoms with Gasteiger partial charge in [-0.15, -0.1) is 0 Å². The van der Waals surface area contributed by atoms with Gasteiger partial charge in [-0.1, -0.05) is 24.6 Å². The molecule has 1 fully saturated rings. The highest BCUT2D eigenvalue weighted by Crippen LogP contribution is 2.46. The maximum atomic E-state index is 11.6. The summed E-state index contributed by atoms with van der Waals surface area (Å²) >= 11 is 0. The second kappa shape index (κ2) is 5.04. The molecule has 0 aromatic heterocycles. The first-order valence-electron chi connectivity index (χ1n) is 7.23. The average Bonchev–Trinajstić information content (AvgIpc) is 2.37. The minimum atomic E-state index is -3.23. The van der Waals surface area contributed by atoms with Crippen LogP contribution in [0.4, 0.5) is 0 Å². The van der Waals surface area contributed by atoms with Crippen LogP contribution in [-0.4, -0.2) is 20.3 Å². The van der Waals surface area contributed by atoms with Crippen molar-refractivity contribution in [3.63, 3.8) is 0 Å². The number of para-hydroxylation sites is 1. The van der Waals surface area contributed by atoms with Gasteiger partial charge in [-0.2, -0.15) is 0 Å². The third-order valence-corrected chi connectivity index (χ3v) is 5.03. The third-order valence-electron chi connectivity index (χ3n) is 4.32. The molecule has 3 rings (SSSR count). The summed E-state index contributed by atoms with van der Waals surface area (Å²) in [5.74, 6) is 0.835. The number of hydrogen-bond donors (Lipinski definition) is 1. The molecule has 1 aliphatic carbocycles. The quantitative estimate of drug-likeness (QED) is 0.912. The zero-order valence-electron chi connectivity index (χ0n) is 11.8. The van der Waals surface area contributed by atoms with Gasteiger partial charge in [-0.3, -0.25) is 0 Å². The van der Waals surface area contributed by atoms with Crippen LogP contribution in [0.3, 0.4) is 0 Å². The maximum absolute atomic E-state index is 11.6. The second-order valence-corrected chi connectivity index (χ2v) is 7.81. The van der Waals surface area contributed by atoms with Crippen molar-refractivity contribution in [1.29, 1.82) is 0 Å². The van der Waals surface area contributed by atoms with Crippen molar-refractivity contribution in [2.45, 2.75) is 50.2 Å². The Morgan fingerprint density at radius 2 is 1.90 bits per heavy atom. The maximum Gasteiger partial charge on any atom is 0.209 e. The molecule has 2 aliphatic rings. The van der Waals surface area contributed by atoms with Crippen LogP contribution in [0, 0.1) is 0 Å². The first-order valence-corrected chi connectivity index (χ1v) is 9.12. The Labute approximate surface area is 120 Å². The summed E-state index contributed by atoms with van der Waals surface area (Å²) in [6, 6.07) is 7.60. The summed E-state index contributed by atoms with van der Waals surface area (Å²) in [5, 5.41) is 0. The largest absolute Gasteiger partial charge is 0.487 e. The minimum Gasteiger partial charge on any atom is -0.487 e. The van der Waals surface area contributed by atoms with Crippen molar-refractivity contribution >= 4 is 10.0 Å². The molecule has 1 atom stereocenters. The zero-order valence-corrected chi connectivity index (χ0v) is 12.6. The van der Waals surface area contributed by atoms with Gasteiger partial charge < -0.3 is 4.74 Å². The van der Waals surface area contributed by atoms with E-state index in [0.717, 1.165) is 43.4 Å². The first kappa shape index (κ1) is 13.9. The number of nitrogens with one attached hydrogen (secondary N) is 1. The lowest BCUT2D eigenvalue weighted by Gasteiger charge is -2.44. The Morgan fingerprint density at radius 1 is 1.20 bits per heavy atom. The van der Waals surface area contributed by atoms with Gasteiger partial charge in [-0.05, 0) is 31.7 Å². The molecule has 1 N–H and O–H groups in total. The van der Waals surface area contributed by atoms with Crippen LogP contribution in [0.2, 0.25) is 0 Å². The molecule has 1 spiro atoms. The van der Waals surface area contributed by atoms with Crippen LogP contribution in [0.1, 0.15) is 50.1 Å². The predicted molar refractivity (Wildman–Crippen MR) is 78.2 cm³/mol. The molecule has 110 valence electrons. The van der Waals surface area contributed by atoms with Crippen LogP contribution in [0.25, 0.3) is 0 Å². The third kappa shape index (κ3) is 2.83. The van der Waals surface area contributed by atoms with Crippen LogP contribution >= 0.6 is 0 Å². The molecule has 0 radical (unpaired) electrons. The molecule has 0 bridgehead atoms. The monoisotopic (exact) mass is 295 g/mol. The van der Waals surface area contributed by atoms with Gasteiger partial charge in [0, 0.05) is 12.0 Å². The van der Waals surface area contributed by atoms with Crippen molar-refractivity contribution < 1.29 is 13.2 Å². The highest BCUT2D eigenvalue weighted by molar-refractivity contribution is 7.88. The molecular formula is C15H21NO3S. The minimum absolute atomic E-state index is 0.173. The van der Waals surface area contributed by atoms with E-state index < -0.39 is 10.0 Å². The standard InChI is InChI=1S/C15H21NO3S/c1-20(17,18)16-13-11-15(9-5-2-6-10-15)19-14-8-4-3-7-12(13)14/h3-4,7-8,13,16H,2,5-6,9-11H2,1H3. The lowest BCUT2D eigenvalue weighted by Crippen LogP contribution is -2.46. The summed E-state index contributed by atoms with van der Waals surface area (Å²) in [5.41, 5.74) is 0.767. The number of fused-ring (bicyclic) bond motifs is 1. The summed E-state index contributed by atoms with van der Waals surface area (Å²) in [6.45, 7) is 0. The SMILES string of the molecule is CS(=O)(=O)NC1CC2(CCCCC2)Oc2ccccc21. The Bertz CT molecular complexity index is 591. The zero-order chi connectivity index (χ0) is 14.2. The van der Waals surface area contributed by atoms with E-state index in [-0.39, 0.29) is 11.6 Å². The van der Waals surface area contributed by atoms with E-state index in [2.05, 4.69) is 4.72 Å². The molecule has 20 heavy (non-hydrogen) atoms. The van der Waals surface area contributed by atoms with Crippen LogP contribution in [0.5, 0.6) is 5.75 Å². The topological polar surface area (TPSA) is 55.4 Å². The first-order chi connectivity index (χ1) is 9.48. The normalized spacial score (nSPS) is 24.9. The summed E-state index contributed by atoms with van der Waals surface area (Å²) in [4.78, 5) is 0. The Morgan fingerprint density at radius 3 is 2.60 bits per heavy atom. The highest BCUT2D eigenvalue weighted by atomic mass is 32.2. The van der Waals surface area contributed by atoms with E-state index in [4.69, 9.17) is 4.74 Å². The van der Waals surface area contributed by atoms with Crippen molar-refractivity contribution in [2.75, 3.05) is 6.26 Å². The van der Waals surface area contributed by atoms with E-state index >= 15 is 0 Å². The molecule has 1 saturated carbocycles. The van der Waals surface area contributed by atoms with Gasteiger partial charge >= 0.3 is 0 Å². The molecular weight excluding hydrogens is 274 g/mol. The molecule has 1 aliphatic heterocycles. The second-order valence-electron chi connectivity index (χ2n) is 6.03. The predicted octanol–water partition coefficient (Wildman–Crippen LogP) is 2.76. The van der Waals surface area contributed by atoms with Crippen LogP contribution < -0.4 is 9.46 Å². The fourth-order valence-corrected chi connectivity index (χ4v) is 4.21. The van der Waals surface area contributed by atoms with Gasteiger partial charge in [0.1, 0.15) is 11.4 Å². The van der Waals surface area contributed by atoms with E-state index in [9.17, 15) is 8.42 Å².